The molecule has 0 bridgehead atoms. The van der Waals surface area contributed by atoms with E-state index in [2.05, 4.69) is 24.9 Å². The summed E-state index contributed by atoms with van der Waals surface area (Å²) in [5, 5.41) is 3.64. The number of amides is 1. The molecule has 2 aromatic rings. The molecule has 40 heavy (non-hydrogen) atoms. The van der Waals surface area contributed by atoms with E-state index in [9.17, 15) is 18.4 Å². The number of halogens is 3. The van der Waals surface area contributed by atoms with Crippen molar-refractivity contribution < 1.29 is 27.8 Å². The number of hydrogen-bond acceptors (Lipinski definition) is 8. The van der Waals surface area contributed by atoms with Gasteiger partial charge in [-0.3, -0.25) is 14.5 Å². The molecule has 9 nitrogen and oxygen atoms in total. The first-order valence-electron chi connectivity index (χ1n) is 13.3. The lowest BCUT2D eigenvalue weighted by molar-refractivity contribution is -0.203. The standard InChI is InChI=1S/C27H33ClF2N4O5S/c1-13-18(23(35)31-10-19-24(36)32-14(2)33-25(19)40-4)9-20(28)22-21(13)38-27(3,39-22)15-5-7-16(8-6-15)34-11-17(12-34)37-26(29)30/h9,15-17,26H,5-8,10-12H2,1-4H3,(H,31,35)(H,32,33,36). The maximum Gasteiger partial charge on any atom is 0.345 e. The van der Waals surface area contributed by atoms with Gasteiger partial charge in [-0.25, -0.2) is 4.98 Å². The van der Waals surface area contributed by atoms with Gasteiger partial charge in [0.2, 0.25) is 0 Å². The largest absolute Gasteiger partial charge is 0.448 e. The molecular formula is C27H33ClF2N4O5S. The Hall–Kier alpha value is -2.41. The number of nitrogens with one attached hydrogen (secondary N) is 2. The number of hydrogen-bond donors (Lipinski definition) is 2. The number of aromatic amines is 1. The summed E-state index contributed by atoms with van der Waals surface area (Å²) < 4.78 is 42.1. The lowest BCUT2D eigenvalue weighted by atomic mass is 9.80. The number of H-pyrrole nitrogens is 1. The van der Waals surface area contributed by atoms with Crippen LogP contribution in [0.5, 0.6) is 11.5 Å². The lowest BCUT2D eigenvalue weighted by Gasteiger charge is -2.47. The van der Waals surface area contributed by atoms with Gasteiger partial charge < -0.3 is 24.5 Å². The number of nitrogens with zero attached hydrogens (tertiary/aromatic N) is 2. The predicted molar refractivity (Wildman–Crippen MR) is 147 cm³/mol. The number of alkyl halides is 2. The number of thioether (sulfide) groups is 1. The molecule has 1 unspecified atom stereocenters. The van der Waals surface area contributed by atoms with Crippen molar-refractivity contribution in [2.75, 3.05) is 19.3 Å². The Kier molecular flexibility index (Phi) is 8.34. The number of aryl methyl sites for hydroxylation is 1. The van der Waals surface area contributed by atoms with Crippen LogP contribution in [0.4, 0.5) is 8.78 Å². The molecule has 13 heteroatoms. The first kappa shape index (κ1) is 29.1. The molecule has 3 aliphatic rings. The van der Waals surface area contributed by atoms with Crippen LogP contribution in [0.25, 0.3) is 0 Å². The number of rotatable bonds is 8. The molecule has 1 amide bonds. The average Bonchev–Trinajstić information content (AvgIpc) is 3.26. The summed E-state index contributed by atoms with van der Waals surface area (Å²) in [5.74, 6) is 0.115. The van der Waals surface area contributed by atoms with Crippen molar-refractivity contribution in [3.8, 4) is 11.5 Å². The molecule has 1 aromatic heterocycles. The fraction of sp³-hybridized carbons (Fsp3) is 0.593. The number of carbonyl (C=O) groups excluding carboxylic acids is 1. The van der Waals surface area contributed by atoms with Crippen molar-refractivity contribution in [3.63, 3.8) is 0 Å². The molecule has 1 atom stereocenters. The van der Waals surface area contributed by atoms with E-state index in [1.54, 1.807) is 19.9 Å². The Morgan fingerprint density at radius 1 is 1.27 bits per heavy atom. The Labute approximate surface area is 240 Å². The number of likely N-dealkylation sites (tertiary alicyclic amines) is 1. The topological polar surface area (TPSA) is 106 Å². The van der Waals surface area contributed by atoms with E-state index < -0.39 is 24.4 Å². The average molecular weight is 599 g/mol. The van der Waals surface area contributed by atoms with Gasteiger partial charge in [-0.1, -0.05) is 11.6 Å². The molecular weight excluding hydrogens is 566 g/mol. The van der Waals surface area contributed by atoms with Crippen molar-refractivity contribution in [3.05, 3.63) is 44.0 Å². The van der Waals surface area contributed by atoms with Gasteiger partial charge in [0.05, 0.1) is 23.2 Å². The molecule has 1 saturated carbocycles. The normalized spacial score (nSPS) is 24.8. The van der Waals surface area contributed by atoms with Crippen molar-refractivity contribution in [2.45, 2.75) is 82.6 Å². The second kappa shape index (κ2) is 11.5. The zero-order valence-electron chi connectivity index (χ0n) is 22.8. The lowest BCUT2D eigenvalue weighted by Crippen LogP contribution is -2.58. The zero-order valence-corrected chi connectivity index (χ0v) is 24.4. The second-order valence-electron chi connectivity index (χ2n) is 10.7. The van der Waals surface area contributed by atoms with E-state index in [1.807, 2.05) is 13.2 Å². The van der Waals surface area contributed by atoms with Crippen LogP contribution in [-0.2, 0) is 11.3 Å². The van der Waals surface area contributed by atoms with Crippen molar-refractivity contribution >= 4 is 29.3 Å². The Bertz CT molecular complexity index is 1350. The van der Waals surface area contributed by atoms with Gasteiger partial charge in [-0.2, -0.15) is 8.78 Å². The molecule has 218 valence electrons. The van der Waals surface area contributed by atoms with Crippen LogP contribution in [0.2, 0.25) is 5.02 Å². The third-order valence-electron chi connectivity index (χ3n) is 8.13. The van der Waals surface area contributed by atoms with Crippen molar-refractivity contribution in [1.29, 1.82) is 0 Å². The molecule has 2 fully saturated rings. The Balaban J connectivity index is 1.23. The second-order valence-corrected chi connectivity index (χ2v) is 11.9. The highest BCUT2D eigenvalue weighted by atomic mass is 35.5. The van der Waals surface area contributed by atoms with Gasteiger partial charge in [0.15, 0.2) is 11.5 Å². The summed E-state index contributed by atoms with van der Waals surface area (Å²) in [4.78, 5) is 34.8. The fourth-order valence-corrected chi connectivity index (χ4v) is 6.76. The van der Waals surface area contributed by atoms with E-state index in [0.29, 0.717) is 58.2 Å². The SMILES string of the molecule is CSc1nc(C)[nH]c(=O)c1CNC(=O)c1cc(Cl)c2c(c1C)OC(C)(C1CCC(N3CC(OC(F)F)C3)CC1)O2. The molecule has 5 rings (SSSR count). The summed E-state index contributed by atoms with van der Waals surface area (Å²) >= 11 is 7.92. The number of benzene rings is 1. The molecule has 1 aromatic carbocycles. The van der Waals surface area contributed by atoms with Gasteiger partial charge in [0, 0.05) is 43.1 Å². The van der Waals surface area contributed by atoms with Crippen LogP contribution in [0.1, 0.15) is 59.9 Å². The minimum absolute atomic E-state index is 0.0100. The molecule has 1 aliphatic carbocycles. The highest BCUT2D eigenvalue weighted by Crippen LogP contribution is 2.52. The van der Waals surface area contributed by atoms with Gasteiger partial charge in [-0.15, -0.1) is 11.8 Å². The number of carbonyl (C=O) groups is 1. The van der Waals surface area contributed by atoms with E-state index >= 15 is 0 Å². The molecule has 3 heterocycles. The number of fused-ring (bicyclic) bond motifs is 1. The number of aromatic nitrogens is 2. The maximum atomic E-state index is 13.2. The first-order chi connectivity index (χ1) is 19.0. The quantitative estimate of drug-likeness (QED) is 0.334. The first-order valence-corrected chi connectivity index (χ1v) is 14.9. The van der Waals surface area contributed by atoms with Crippen LogP contribution >= 0.6 is 23.4 Å². The van der Waals surface area contributed by atoms with Gasteiger partial charge in [0.25, 0.3) is 17.3 Å². The van der Waals surface area contributed by atoms with E-state index in [-0.39, 0.29) is 23.0 Å². The molecule has 2 N–H and O–H groups in total. The monoisotopic (exact) mass is 598 g/mol. The summed E-state index contributed by atoms with van der Waals surface area (Å²) in [6, 6.07) is 1.88. The summed E-state index contributed by atoms with van der Waals surface area (Å²) in [6.45, 7) is 3.72. The predicted octanol–water partition coefficient (Wildman–Crippen LogP) is 4.66. The van der Waals surface area contributed by atoms with Crippen LogP contribution in [-0.4, -0.2) is 64.7 Å². The van der Waals surface area contributed by atoms with Crippen LogP contribution in [0.3, 0.4) is 0 Å². The zero-order chi connectivity index (χ0) is 28.8. The molecule has 0 spiro atoms. The van der Waals surface area contributed by atoms with Crippen molar-refractivity contribution in [1.82, 2.24) is 20.2 Å². The molecule has 2 aliphatic heterocycles. The smallest absolute Gasteiger partial charge is 0.345 e. The fourth-order valence-electron chi connectivity index (χ4n) is 5.89. The summed E-state index contributed by atoms with van der Waals surface area (Å²) in [5.41, 5.74) is 1.02. The van der Waals surface area contributed by atoms with Crippen LogP contribution < -0.4 is 20.3 Å². The van der Waals surface area contributed by atoms with Crippen LogP contribution in [0, 0.1) is 19.8 Å². The van der Waals surface area contributed by atoms with Gasteiger partial charge >= 0.3 is 6.61 Å². The minimum atomic E-state index is -2.73. The third kappa shape index (κ3) is 5.68. The maximum absolute atomic E-state index is 13.2. The molecule has 1 saturated heterocycles. The molecule has 0 radical (unpaired) electrons. The summed E-state index contributed by atoms with van der Waals surface area (Å²) in [6.07, 6.45) is 4.90. The minimum Gasteiger partial charge on any atom is -0.448 e. The van der Waals surface area contributed by atoms with Gasteiger partial charge in [0.1, 0.15) is 10.9 Å². The summed E-state index contributed by atoms with van der Waals surface area (Å²) in [7, 11) is 0. The highest BCUT2D eigenvalue weighted by Gasteiger charge is 2.48. The Morgan fingerprint density at radius 2 is 1.95 bits per heavy atom. The third-order valence-corrected chi connectivity index (χ3v) is 9.14. The van der Waals surface area contributed by atoms with Gasteiger partial charge in [-0.05, 0) is 51.9 Å². The number of ether oxygens (including phenoxy) is 3. The van der Waals surface area contributed by atoms with E-state index in [1.165, 1.54) is 11.8 Å². The van der Waals surface area contributed by atoms with Crippen LogP contribution in [0.15, 0.2) is 15.9 Å². The van der Waals surface area contributed by atoms with E-state index in [0.717, 1.165) is 25.7 Å². The Morgan fingerprint density at radius 3 is 2.60 bits per heavy atom. The highest BCUT2D eigenvalue weighted by molar-refractivity contribution is 7.98. The van der Waals surface area contributed by atoms with Crippen molar-refractivity contribution in [2.24, 2.45) is 5.92 Å². The van der Waals surface area contributed by atoms with E-state index in [4.69, 9.17) is 21.1 Å².